The number of carbonyl (C=O) groups is 1. The highest BCUT2D eigenvalue weighted by Crippen LogP contribution is 2.25. The fourth-order valence-corrected chi connectivity index (χ4v) is 3.17. The second-order valence-electron chi connectivity index (χ2n) is 7.66. The molecule has 0 bridgehead atoms. The lowest BCUT2D eigenvalue weighted by Crippen LogP contribution is -2.44. The third-order valence-electron chi connectivity index (χ3n) is 4.19. The Morgan fingerprint density at radius 2 is 2.00 bits per heavy atom. The van der Waals surface area contributed by atoms with Gasteiger partial charge in [0, 0.05) is 38.3 Å². The van der Waals surface area contributed by atoms with Crippen LogP contribution in [0.15, 0.2) is 30.5 Å². The van der Waals surface area contributed by atoms with Crippen molar-refractivity contribution in [3.8, 4) is 0 Å². The molecule has 2 aromatic rings. The van der Waals surface area contributed by atoms with Crippen LogP contribution < -0.4 is 15.5 Å². The molecule has 0 radical (unpaired) electrons. The minimum atomic E-state index is -0.559. The molecule has 1 fully saturated rings. The van der Waals surface area contributed by atoms with Crippen molar-refractivity contribution in [2.24, 2.45) is 0 Å². The molecule has 0 saturated carbocycles. The van der Waals surface area contributed by atoms with Gasteiger partial charge in [-0.25, -0.2) is 14.8 Å². The van der Waals surface area contributed by atoms with Gasteiger partial charge in [0.05, 0.1) is 6.20 Å². The number of para-hydroxylation sites is 1. The Labute approximate surface area is 170 Å². The minimum Gasteiger partial charge on any atom is -0.444 e. The molecule has 1 aliphatic heterocycles. The summed E-state index contributed by atoms with van der Waals surface area (Å²) in [4.78, 5) is 23.4. The van der Waals surface area contributed by atoms with E-state index in [1.54, 1.807) is 6.20 Å². The maximum Gasteiger partial charge on any atom is 0.412 e. The summed E-state index contributed by atoms with van der Waals surface area (Å²) in [6.07, 6.45) is 1.63. The van der Waals surface area contributed by atoms with E-state index in [4.69, 9.17) is 16.3 Å². The molecule has 3 rings (SSSR count). The van der Waals surface area contributed by atoms with E-state index in [2.05, 4.69) is 25.5 Å². The molecule has 7 nitrogen and oxygen atoms in total. The first-order valence-corrected chi connectivity index (χ1v) is 9.74. The van der Waals surface area contributed by atoms with Crippen molar-refractivity contribution in [1.29, 1.82) is 0 Å². The van der Waals surface area contributed by atoms with Gasteiger partial charge in [0.2, 0.25) is 0 Å². The van der Waals surface area contributed by atoms with E-state index in [1.807, 2.05) is 45.0 Å². The molecule has 1 amide bonds. The van der Waals surface area contributed by atoms with Gasteiger partial charge in [-0.1, -0.05) is 29.8 Å². The Morgan fingerprint density at radius 1 is 1.29 bits per heavy atom. The summed E-state index contributed by atoms with van der Waals surface area (Å²) in [5.74, 6) is 1.40. The topological polar surface area (TPSA) is 79.4 Å². The van der Waals surface area contributed by atoms with Gasteiger partial charge in [0.1, 0.15) is 16.4 Å². The van der Waals surface area contributed by atoms with Gasteiger partial charge >= 0.3 is 6.09 Å². The fourth-order valence-electron chi connectivity index (χ4n) is 2.96. The molecule has 0 spiro atoms. The molecule has 2 heterocycles. The zero-order valence-electron chi connectivity index (χ0n) is 16.5. The normalized spacial score (nSPS) is 14.6. The number of nitrogens with zero attached hydrogens (tertiary/aromatic N) is 3. The first-order valence-electron chi connectivity index (χ1n) is 9.37. The summed E-state index contributed by atoms with van der Waals surface area (Å²) in [5, 5.41) is 6.68. The molecule has 1 saturated heterocycles. The number of hydrogen-bond donors (Lipinski definition) is 2. The quantitative estimate of drug-likeness (QED) is 0.813. The molecule has 0 atom stereocenters. The van der Waals surface area contributed by atoms with Gasteiger partial charge in [-0.3, -0.25) is 5.32 Å². The van der Waals surface area contributed by atoms with Crippen LogP contribution in [-0.2, 0) is 11.2 Å². The Morgan fingerprint density at radius 3 is 2.71 bits per heavy atom. The average Bonchev–Trinajstić information content (AvgIpc) is 2.64. The van der Waals surface area contributed by atoms with E-state index in [0.717, 1.165) is 37.6 Å². The van der Waals surface area contributed by atoms with E-state index < -0.39 is 11.7 Å². The highest BCUT2D eigenvalue weighted by atomic mass is 35.5. The van der Waals surface area contributed by atoms with Gasteiger partial charge < -0.3 is 15.0 Å². The highest BCUT2D eigenvalue weighted by Gasteiger charge is 2.19. The molecule has 1 aliphatic rings. The number of halogens is 1. The Balaban J connectivity index is 1.78. The average molecular weight is 404 g/mol. The van der Waals surface area contributed by atoms with Gasteiger partial charge in [-0.2, -0.15) is 0 Å². The Kier molecular flexibility index (Phi) is 6.36. The first kappa shape index (κ1) is 20.4. The minimum absolute atomic E-state index is 0.474. The summed E-state index contributed by atoms with van der Waals surface area (Å²) >= 11 is 6.33. The van der Waals surface area contributed by atoms with Crippen LogP contribution in [0.4, 0.5) is 16.3 Å². The van der Waals surface area contributed by atoms with Crippen molar-refractivity contribution in [1.82, 2.24) is 15.3 Å². The number of hydrogen-bond acceptors (Lipinski definition) is 6. The van der Waals surface area contributed by atoms with E-state index >= 15 is 0 Å². The van der Waals surface area contributed by atoms with Gasteiger partial charge in [0.15, 0.2) is 5.82 Å². The number of ether oxygens (including phenoxy) is 1. The van der Waals surface area contributed by atoms with Crippen molar-refractivity contribution >= 4 is 29.2 Å². The molecule has 150 valence electrons. The first-order chi connectivity index (χ1) is 13.3. The zero-order valence-corrected chi connectivity index (χ0v) is 17.2. The number of aromatic nitrogens is 2. The number of anilines is 2. The number of carbonyl (C=O) groups excluding carboxylic acids is 1. The highest BCUT2D eigenvalue weighted by molar-refractivity contribution is 6.32. The maximum absolute atomic E-state index is 12.1. The number of piperazine rings is 1. The molecule has 2 N–H and O–H groups in total. The third-order valence-corrected chi connectivity index (χ3v) is 4.46. The Hall–Kier alpha value is -2.38. The Bertz CT molecular complexity index is 832. The monoisotopic (exact) mass is 403 g/mol. The van der Waals surface area contributed by atoms with E-state index in [0.29, 0.717) is 23.0 Å². The van der Waals surface area contributed by atoms with Crippen molar-refractivity contribution in [2.75, 3.05) is 36.4 Å². The standard InChI is InChI=1S/C20H26ClN5O2/c1-20(2,3)28-19(27)24-16-7-5-4-6-14(16)12-17-23-13-15(21)18(25-17)26-10-8-22-9-11-26/h4-7,13,22H,8-12H2,1-3H3,(H,24,27). The fraction of sp³-hybridized carbons (Fsp3) is 0.450. The van der Waals surface area contributed by atoms with Crippen LogP contribution >= 0.6 is 11.6 Å². The van der Waals surface area contributed by atoms with Crippen molar-refractivity contribution in [3.05, 3.63) is 46.9 Å². The van der Waals surface area contributed by atoms with Gasteiger partial charge in [0.25, 0.3) is 0 Å². The summed E-state index contributed by atoms with van der Waals surface area (Å²) < 4.78 is 5.35. The number of rotatable bonds is 4. The van der Waals surface area contributed by atoms with Gasteiger partial charge in [-0.05, 0) is 32.4 Å². The second kappa shape index (κ2) is 8.75. The summed E-state index contributed by atoms with van der Waals surface area (Å²) in [6, 6.07) is 7.56. The molecule has 0 unspecified atom stereocenters. The van der Waals surface area contributed by atoms with Crippen LogP contribution in [0.5, 0.6) is 0 Å². The van der Waals surface area contributed by atoms with Crippen molar-refractivity contribution in [2.45, 2.75) is 32.8 Å². The zero-order chi connectivity index (χ0) is 20.1. The lowest BCUT2D eigenvalue weighted by Gasteiger charge is -2.29. The third kappa shape index (κ3) is 5.56. The predicted molar refractivity (Wildman–Crippen MR) is 111 cm³/mol. The molecule has 0 aliphatic carbocycles. The van der Waals surface area contributed by atoms with E-state index in [1.165, 1.54) is 0 Å². The second-order valence-corrected chi connectivity index (χ2v) is 8.06. The lowest BCUT2D eigenvalue weighted by atomic mass is 10.1. The van der Waals surface area contributed by atoms with Crippen LogP contribution in [0.25, 0.3) is 0 Å². The molecule has 1 aromatic heterocycles. The SMILES string of the molecule is CC(C)(C)OC(=O)Nc1ccccc1Cc1ncc(Cl)c(N2CCNCC2)n1. The molecule has 1 aromatic carbocycles. The van der Waals surface area contributed by atoms with Crippen molar-refractivity contribution in [3.63, 3.8) is 0 Å². The molecule has 8 heteroatoms. The van der Waals surface area contributed by atoms with Crippen LogP contribution in [0.2, 0.25) is 5.02 Å². The number of nitrogens with one attached hydrogen (secondary N) is 2. The molecular weight excluding hydrogens is 378 g/mol. The summed E-state index contributed by atoms with van der Waals surface area (Å²) in [5.41, 5.74) is 1.03. The summed E-state index contributed by atoms with van der Waals surface area (Å²) in [7, 11) is 0. The largest absolute Gasteiger partial charge is 0.444 e. The summed E-state index contributed by atoms with van der Waals surface area (Å²) in [6.45, 7) is 9.00. The van der Waals surface area contributed by atoms with E-state index in [-0.39, 0.29) is 0 Å². The van der Waals surface area contributed by atoms with Crippen LogP contribution in [0.1, 0.15) is 32.2 Å². The predicted octanol–water partition coefficient (Wildman–Crippen LogP) is 3.48. The van der Waals surface area contributed by atoms with Crippen LogP contribution in [0, 0.1) is 0 Å². The maximum atomic E-state index is 12.1. The van der Waals surface area contributed by atoms with Crippen LogP contribution in [-0.4, -0.2) is 47.8 Å². The number of amides is 1. The van der Waals surface area contributed by atoms with Crippen LogP contribution in [0.3, 0.4) is 0 Å². The smallest absolute Gasteiger partial charge is 0.412 e. The van der Waals surface area contributed by atoms with Crippen molar-refractivity contribution < 1.29 is 9.53 Å². The lowest BCUT2D eigenvalue weighted by molar-refractivity contribution is 0.0636. The molecular formula is C20H26ClN5O2. The van der Waals surface area contributed by atoms with E-state index in [9.17, 15) is 4.79 Å². The number of benzene rings is 1. The molecule has 28 heavy (non-hydrogen) atoms. The van der Waals surface area contributed by atoms with Gasteiger partial charge in [-0.15, -0.1) is 0 Å².